The molecule has 0 aliphatic heterocycles. The Labute approximate surface area is 94.1 Å². The molecule has 1 fully saturated rings. The van der Waals surface area contributed by atoms with Crippen LogP contribution in [0.3, 0.4) is 0 Å². The second kappa shape index (κ2) is 4.99. The van der Waals surface area contributed by atoms with Crippen LogP contribution in [-0.2, 0) is 0 Å². The van der Waals surface area contributed by atoms with Crippen LogP contribution < -0.4 is 5.32 Å². The molecular weight excluding hydrogens is 184 g/mol. The Morgan fingerprint density at radius 3 is 2.60 bits per heavy atom. The summed E-state index contributed by atoms with van der Waals surface area (Å²) in [6, 6.07) is 2.86. The Morgan fingerprint density at radius 2 is 2.07 bits per heavy atom. The van der Waals surface area contributed by atoms with E-state index in [0.29, 0.717) is 17.4 Å². The Bertz CT molecular complexity index is 234. The molecule has 0 spiro atoms. The van der Waals surface area contributed by atoms with Crippen LogP contribution in [0.1, 0.15) is 47.0 Å². The summed E-state index contributed by atoms with van der Waals surface area (Å²) in [7, 11) is 0. The third kappa shape index (κ3) is 3.50. The lowest BCUT2D eigenvalue weighted by atomic mass is 9.82. The van der Waals surface area contributed by atoms with Crippen molar-refractivity contribution in [3.63, 3.8) is 0 Å². The van der Waals surface area contributed by atoms with Crippen LogP contribution in [0.15, 0.2) is 0 Å². The maximum Gasteiger partial charge on any atom is 0.0672 e. The van der Waals surface area contributed by atoms with Gasteiger partial charge >= 0.3 is 0 Å². The van der Waals surface area contributed by atoms with E-state index < -0.39 is 0 Å². The second-order valence-electron chi connectivity index (χ2n) is 5.95. The molecular formula is C13H24N2. The fraction of sp³-hybridized carbons (Fsp3) is 0.923. The Hall–Kier alpha value is -0.550. The summed E-state index contributed by atoms with van der Waals surface area (Å²) in [5.74, 6) is 0.898. The lowest BCUT2D eigenvalue weighted by molar-refractivity contribution is 0.242. The standard InChI is InChI=1S/C13H24N2/c1-10(13(2,3)4)9-15-12-7-5-6-11(12)8-14/h10-12,15H,5-7,9H2,1-4H3. The molecule has 86 valence electrons. The first-order chi connectivity index (χ1) is 6.95. The molecule has 1 aliphatic carbocycles. The van der Waals surface area contributed by atoms with Gasteiger partial charge in [-0.2, -0.15) is 5.26 Å². The van der Waals surface area contributed by atoms with Gasteiger partial charge in [0.05, 0.1) is 12.0 Å². The van der Waals surface area contributed by atoms with E-state index in [1.165, 1.54) is 12.8 Å². The van der Waals surface area contributed by atoms with Gasteiger partial charge in [-0.15, -0.1) is 0 Å². The van der Waals surface area contributed by atoms with Gasteiger partial charge in [0, 0.05) is 6.04 Å². The molecule has 2 nitrogen and oxygen atoms in total. The minimum Gasteiger partial charge on any atom is -0.312 e. The minimum atomic E-state index is 0.247. The fourth-order valence-electron chi connectivity index (χ4n) is 1.99. The highest BCUT2D eigenvalue weighted by Crippen LogP contribution is 2.27. The molecule has 1 N–H and O–H groups in total. The first-order valence-corrected chi connectivity index (χ1v) is 6.08. The zero-order valence-electron chi connectivity index (χ0n) is 10.5. The smallest absolute Gasteiger partial charge is 0.0672 e. The average Bonchev–Trinajstić information content (AvgIpc) is 2.59. The van der Waals surface area contributed by atoms with Crippen LogP contribution in [0, 0.1) is 28.6 Å². The summed E-state index contributed by atoms with van der Waals surface area (Å²) >= 11 is 0. The van der Waals surface area contributed by atoms with Gasteiger partial charge < -0.3 is 5.32 Å². The predicted octanol–water partition coefficient (Wildman–Crippen LogP) is 2.95. The van der Waals surface area contributed by atoms with Crippen LogP contribution >= 0.6 is 0 Å². The second-order valence-corrected chi connectivity index (χ2v) is 5.95. The summed E-state index contributed by atoms with van der Waals surface area (Å²) in [6.45, 7) is 10.1. The molecule has 2 heteroatoms. The van der Waals surface area contributed by atoms with Gasteiger partial charge in [0.25, 0.3) is 0 Å². The van der Waals surface area contributed by atoms with E-state index in [4.69, 9.17) is 5.26 Å². The van der Waals surface area contributed by atoms with Crippen molar-refractivity contribution < 1.29 is 0 Å². The zero-order chi connectivity index (χ0) is 11.5. The molecule has 0 radical (unpaired) electrons. The molecule has 0 aromatic rings. The van der Waals surface area contributed by atoms with Gasteiger partial charge in [0.2, 0.25) is 0 Å². The monoisotopic (exact) mass is 208 g/mol. The summed E-state index contributed by atoms with van der Waals surface area (Å²) in [4.78, 5) is 0. The number of nitrogens with zero attached hydrogens (tertiary/aromatic N) is 1. The third-order valence-corrected chi connectivity index (χ3v) is 3.85. The lowest BCUT2D eigenvalue weighted by Crippen LogP contribution is -2.38. The highest BCUT2D eigenvalue weighted by atomic mass is 14.9. The SMILES string of the molecule is CC(CNC1CCCC1C#N)C(C)(C)C. The van der Waals surface area contributed by atoms with Crippen molar-refractivity contribution in [3.8, 4) is 6.07 Å². The molecule has 1 aliphatic rings. The van der Waals surface area contributed by atoms with E-state index >= 15 is 0 Å². The quantitative estimate of drug-likeness (QED) is 0.774. The average molecular weight is 208 g/mol. The number of nitriles is 1. The molecule has 0 aromatic carbocycles. The molecule has 1 rings (SSSR count). The van der Waals surface area contributed by atoms with E-state index in [9.17, 15) is 0 Å². The van der Waals surface area contributed by atoms with Crippen molar-refractivity contribution in [2.24, 2.45) is 17.3 Å². The van der Waals surface area contributed by atoms with Gasteiger partial charge in [-0.1, -0.05) is 34.1 Å². The van der Waals surface area contributed by atoms with Gasteiger partial charge in [-0.3, -0.25) is 0 Å². The maximum absolute atomic E-state index is 8.97. The van der Waals surface area contributed by atoms with E-state index in [0.717, 1.165) is 13.0 Å². The third-order valence-electron chi connectivity index (χ3n) is 3.85. The Kier molecular flexibility index (Phi) is 4.16. The van der Waals surface area contributed by atoms with Crippen molar-refractivity contribution in [1.82, 2.24) is 5.32 Å². The van der Waals surface area contributed by atoms with E-state index in [-0.39, 0.29) is 5.92 Å². The van der Waals surface area contributed by atoms with E-state index in [1.807, 2.05) is 0 Å². The zero-order valence-corrected chi connectivity index (χ0v) is 10.5. The highest BCUT2D eigenvalue weighted by Gasteiger charge is 2.28. The highest BCUT2D eigenvalue weighted by molar-refractivity contribution is 4.96. The van der Waals surface area contributed by atoms with Crippen LogP contribution in [0.4, 0.5) is 0 Å². The molecule has 1 saturated carbocycles. The summed E-state index contributed by atoms with van der Waals surface area (Å²) in [5, 5.41) is 12.5. The lowest BCUT2D eigenvalue weighted by Gasteiger charge is -2.29. The molecule has 3 unspecified atom stereocenters. The number of rotatable bonds is 3. The first-order valence-electron chi connectivity index (χ1n) is 6.08. The molecule has 0 saturated heterocycles. The maximum atomic E-state index is 8.97. The Morgan fingerprint density at radius 1 is 1.40 bits per heavy atom. The topological polar surface area (TPSA) is 35.8 Å². The summed E-state index contributed by atoms with van der Waals surface area (Å²) in [6.07, 6.45) is 3.47. The molecule has 3 atom stereocenters. The van der Waals surface area contributed by atoms with Crippen LogP contribution in [0.2, 0.25) is 0 Å². The van der Waals surface area contributed by atoms with Crippen molar-refractivity contribution in [2.45, 2.75) is 53.0 Å². The van der Waals surface area contributed by atoms with Crippen LogP contribution in [0.25, 0.3) is 0 Å². The van der Waals surface area contributed by atoms with Crippen molar-refractivity contribution in [3.05, 3.63) is 0 Å². The van der Waals surface area contributed by atoms with Crippen LogP contribution in [0.5, 0.6) is 0 Å². The minimum absolute atomic E-state index is 0.247. The van der Waals surface area contributed by atoms with Gasteiger partial charge in [-0.05, 0) is 30.7 Å². The first kappa shape index (κ1) is 12.5. The van der Waals surface area contributed by atoms with Crippen molar-refractivity contribution in [1.29, 1.82) is 5.26 Å². The molecule has 0 heterocycles. The molecule has 0 aromatic heterocycles. The summed E-state index contributed by atoms with van der Waals surface area (Å²) < 4.78 is 0. The molecule has 15 heavy (non-hydrogen) atoms. The van der Waals surface area contributed by atoms with Gasteiger partial charge in [0.15, 0.2) is 0 Å². The summed E-state index contributed by atoms with van der Waals surface area (Å²) in [5.41, 5.74) is 0.355. The van der Waals surface area contributed by atoms with Gasteiger partial charge in [-0.25, -0.2) is 0 Å². The van der Waals surface area contributed by atoms with Crippen molar-refractivity contribution in [2.75, 3.05) is 6.54 Å². The number of nitrogens with one attached hydrogen (secondary N) is 1. The van der Waals surface area contributed by atoms with E-state index in [2.05, 4.69) is 39.1 Å². The van der Waals surface area contributed by atoms with Gasteiger partial charge in [0.1, 0.15) is 0 Å². The Balaban J connectivity index is 2.34. The van der Waals surface area contributed by atoms with E-state index in [1.54, 1.807) is 0 Å². The number of hydrogen-bond acceptors (Lipinski definition) is 2. The number of hydrogen-bond donors (Lipinski definition) is 1. The largest absolute Gasteiger partial charge is 0.312 e. The van der Waals surface area contributed by atoms with Crippen molar-refractivity contribution >= 4 is 0 Å². The normalized spacial score (nSPS) is 28.7. The fourth-order valence-corrected chi connectivity index (χ4v) is 1.99. The van der Waals surface area contributed by atoms with Crippen LogP contribution in [-0.4, -0.2) is 12.6 Å². The molecule has 0 bridgehead atoms. The predicted molar refractivity (Wildman–Crippen MR) is 63.4 cm³/mol. The molecule has 0 amide bonds.